The van der Waals surface area contributed by atoms with E-state index in [2.05, 4.69) is 18.9 Å². The summed E-state index contributed by atoms with van der Waals surface area (Å²) in [5, 5.41) is 4.42. The van der Waals surface area contributed by atoms with Crippen LogP contribution in [-0.4, -0.2) is 15.9 Å². The van der Waals surface area contributed by atoms with Crippen LogP contribution in [0.2, 0.25) is 0 Å². The standard InChI is InChI=1S/C19H24N2O2/c1-14(2)10-16-8-9-18-17(11-16)12-21(20-18)19(22)23-13-15-6-4-3-5-7-15/h3-7,12,14,16H,8-11,13H2,1-2H3. The summed E-state index contributed by atoms with van der Waals surface area (Å²) in [5.41, 5.74) is 3.25. The minimum atomic E-state index is -0.399. The van der Waals surface area contributed by atoms with E-state index >= 15 is 0 Å². The molecule has 0 saturated carbocycles. The Morgan fingerprint density at radius 3 is 2.87 bits per heavy atom. The predicted octanol–water partition coefficient (Wildman–Crippen LogP) is 4.22. The summed E-state index contributed by atoms with van der Waals surface area (Å²) in [4.78, 5) is 12.2. The van der Waals surface area contributed by atoms with Crippen LogP contribution < -0.4 is 0 Å². The minimum absolute atomic E-state index is 0.278. The Labute approximate surface area is 137 Å². The van der Waals surface area contributed by atoms with Crippen LogP contribution in [-0.2, 0) is 24.2 Å². The van der Waals surface area contributed by atoms with Crippen LogP contribution in [0, 0.1) is 11.8 Å². The molecule has 0 aliphatic heterocycles. The summed E-state index contributed by atoms with van der Waals surface area (Å²) in [6, 6.07) is 9.70. The highest BCUT2D eigenvalue weighted by Gasteiger charge is 2.23. The first kappa shape index (κ1) is 15.8. The zero-order chi connectivity index (χ0) is 16.2. The Balaban J connectivity index is 1.61. The van der Waals surface area contributed by atoms with Gasteiger partial charge in [-0.25, -0.2) is 4.79 Å². The number of carbonyl (C=O) groups is 1. The third kappa shape index (κ3) is 4.01. The highest BCUT2D eigenvalue weighted by Crippen LogP contribution is 2.29. The number of ether oxygens (including phenoxy) is 1. The van der Waals surface area contributed by atoms with Gasteiger partial charge in [0.2, 0.25) is 0 Å². The third-order valence-electron chi connectivity index (χ3n) is 4.37. The van der Waals surface area contributed by atoms with Crippen molar-refractivity contribution in [2.24, 2.45) is 11.8 Å². The van der Waals surface area contributed by atoms with Crippen LogP contribution in [0.3, 0.4) is 0 Å². The second-order valence-corrected chi connectivity index (χ2v) is 6.82. The fourth-order valence-electron chi connectivity index (χ4n) is 3.33. The Morgan fingerprint density at radius 1 is 1.35 bits per heavy atom. The first-order chi connectivity index (χ1) is 11.1. The van der Waals surface area contributed by atoms with Crippen LogP contribution in [0.15, 0.2) is 36.5 Å². The molecule has 0 radical (unpaired) electrons. The van der Waals surface area contributed by atoms with E-state index in [1.165, 1.54) is 23.1 Å². The number of carbonyl (C=O) groups excluding carboxylic acids is 1. The lowest BCUT2D eigenvalue weighted by molar-refractivity contribution is 0.137. The van der Waals surface area contributed by atoms with Gasteiger partial charge in [0, 0.05) is 6.20 Å². The molecule has 1 aromatic carbocycles. The van der Waals surface area contributed by atoms with Gasteiger partial charge in [-0.3, -0.25) is 0 Å². The maximum atomic E-state index is 12.2. The minimum Gasteiger partial charge on any atom is -0.443 e. The van der Waals surface area contributed by atoms with Gasteiger partial charge in [-0.05, 0) is 48.6 Å². The van der Waals surface area contributed by atoms with Crippen molar-refractivity contribution in [1.29, 1.82) is 0 Å². The maximum Gasteiger partial charge on any atom is 0.435 e. The van der Waals surface area contributed by atoms with Crippen molar-refractivity contribution in [2.45, 2.75) is 46.1 Å². The summed E-state index contributed by atoms with van der Waals surface area (Å²) in [7, 11) is 0. The van der Waals surface area contributed by atoms with Crippen molar-refractivity contribution in [3.05, 3.63) is 53.3 Å². The molecule has 0 saturated heterocycles. The molecule has 23 heavy (non-hydrogen) atoms. The van der Waals surface area contributed by atoms with Crippen molar-refractivity contribution in [1.82, 2.24) is 9.78 Å². The molecular weight excluding hydrogens is 288 g/mol. The first-order valence-corrected chi connectivity index (χ1v) is 8.40. The molecule has 1 unspecified atom stereocenters. The van der Waals surface area contributed by atoms with Crippen LogP contribution in [0.5, 0.6) is 0 Å². The molecular formula is C19H24N2O2. The zero-order valence-corrected chi connectivity index (χ0v) is 13.9. The molecule has 4 nitrogen and oxygen atoms in total. The number of benzene rings is 1. The average molecular weight is 312 g/mol. The highest BCUT2D eigenvalue weighted by atomic mass is 16.6. The molecule has 1 aliphatic carbocycles. The van der Waals surface area contributed by atoms with Crippen molar-refractivity contribution >= 4 is 6.09 Å². The van der Waals surface area contributed by atoms with Gasteiger partial charge >= 0.3 is 6.09 Å². The van der Waals surface area contributed by atoms with E-state index in [-0.39, 0.29) is 6.61 Å². The van der Waals surface area contributed by atoms with E-state index in [1.807, 2.05) is 36.5 Å². The lowest BCUT2D eigenvalue weighted by Gasteiger charge is -2.22. The van der Waals surface area contributed by atoms with E-state index in [1.54, 1.807) is 0 Å². The summed E-state index contributed by atoms with van der Waals surface area (Å²) >= 11 is 0. The maximum absolute atomic E-state index is 12.2. The fourth-order valence-corrected chi connectivity index (χ4v) is 3.33. The summed E-state index contributed by atoms with van der Waals surface area (Å²) in [5.74, 6) is 1.42. The zero-order valence-electron chi connectivity index (χ0n) is 13.9. The topological polar surface area (TPSA) is 44.1 Å². The smallest absolute Gasteiger partial charge is 0.435 e. The fraction of sp³-hybridized carbons (Fsp3) is 0.474. The molecule has 3 rings (SSSR count). The Hall–Kier alpha value is -2.10. The summed E-state index contributed by atoms with van der Waals surface area (Å²) < 4.78 is 6.71. The van der Waals surface area contributed by atoms with Gasteiger partial charge in [0.1, 0.15) is 6.61 Å². The summed E-state index contributed by atoms with van der Waals surface area (Å²) in [6.07, 6.45) is 5.86. The van der Waals surface area contributed by atoms with E-state index < -0.39 is 6.09 Å². The van der Waals surface area contributed by atoms with E-state index in [0.29, 0.717) is 11.8 Å². The molecule has 1 aliphatic rings. The van der Waals surface area contributed by atoms with Gasteiger partial charge in [-0.1, -0.05) is 44.2 Å². The van der Waals surface area contributed by atoms with Gasteiger partial charge in [0.15, 0.2) is 0 Å². The molecule has 1 aromatic heterocycles. The third-order valence-corrected chi connectivity index (χ3v) is 4.37. The van der Waals surface area contributed by atoms with Crippen LogP contribution in [0.25, 0.3) is 0 Å². The monoisotopic (exact) mass is 312 g/mol. The summed E-state index contributed by atoms with van der Waals surface area (Å²) in [6.45, 7) is 4.81. The van der Waals surface area contributed by atoms with Gasteiger partial charge in [0.05, 0.1) is 5.69 Å². The van der Waals surface area contributed by atoms with Crippen LogP contribution in [0.4, 0.5) is 4.79 Å². The van der Waals surface area contributed by atoms with Gasteiger partial charge in [-0.2, -0.15) is 9.78 Å². The van der Waals surface area contributed by atoms with Gasteiger partial charge < -0.3 is 4.74 Å². The first-order valence-electron chi connectivity index (χ1n) is 8.40. The molecule has 0 bridgehead atoms. The Bertz CT molecular complexity index is 661. The van der Waals surface area contributed by atoms with Crippen LogP contribution >= 0.6 is 0 Å². The van der Waals surface area contributed by atoms with Crippen molar-refractivity contribution in [2.75, 3.05) is 0 Å². The highest BCUT2D eigenvalue weighted by molar-refractivity contribution is 5.69. The molecule has 0 spiro atoms. The molecule has 4 heteroatoms. The molecule has 1 heterocycles. The number of fused-ring (bicyclic) bond motifs is 1. The second-order valence-electron chi connectivity index (χ2n) is 6.82. The predicted molar refractivity (Wildman–Crippen MR) is 89.2 cm³/mol. The molecule has 122 valence electrons. The second kappa shape index (κ2) is 6.99. The number of aryl methyl sites for hydroxylation is 1. The number of nitrogens with zero attached hydrogens (tertiary/aromatic N) is 2. The van der Waals surface area contributed by atoms with Crippen molar-refractivity contribution in [3.8, 4) is 0 Å². The lowest BCUT2D eigenvalue weighted by atomic mass is 9.83. The largest absolute Gasteiger partial charge is 0.443 e. The van der Waals surface area contributed by atoms with E-state index in [4.69, 9.17) is 4.74 Å². The van der Waals surface area contributed by atoms with E-state index in [0.717, 1.165) is 24.1 Å². The van der Waals surface area contributed by atoms with Gasteiger partial charge in [0.25, 0.3) is 0 Å². The normalized spacial score (nSPS) is 17.1. The van der Waals surface area contributed by atoms with E-state index in [9.17, 15) is 4.79 Å². The SMILES string of the molecule is CC(C)CC1CCc2nn(C(=O)OCc3ccccc3)cc2C1. The molecule has 2 aromatic rings. The number of aromatic nitrogens is 2. The Kier molecular flexibility index (Phi) is 4.79. The van der Waals surface area contributed by atoms with Crippen molar-refractivity contribution in [3.63, 3.8) is 0 Å². The molecule has 0 N–H and O–H groups in total. The number of hydrogen-bond donors (Lipinski definition) is 0. The van der Waals surface area contributed by atoms with Crippen molar-refractivity contribution < 1.29 is 9.53 Å². The van der Waals surface area contributed by atoms with Gasteiger partial charge in [-0.15, -0.1) is 0 Å². The Morgan fingerprint density at radius 2 is 2.13 bits per heavy atom. The lowest BCUT2D eigenvalue weighted by Crippen LogP contribution is -2.15. The molecule has 1 atom stereocenters. The molecule has 0 fully saturated rings. The number of rotatable bonds is 4. The average Bonchev–Trinajstić information content (AvgIpc) is 2.96. The van der Waals surface area contributed by atoms with Crippen LogP contribution in [0.1, 0.15) is 43.5 Å². The molecule has 0 amide bonds. The quantitative estimate of drug-likeness (QED) is 0.849. The number of hydrogen-bond acceptors (Lipinski definition) is 3.